The zero-order chi connectivity index (χ0) is 11.4. The molecular formula is C10H14N4S2. The summed E-state index contributed by atoms with van der Waals surface area (Å²) in [7, 11) is 3.99. The van der Waals surface area contributed by atoms with Gasteiger partial charge in [-0.05, 0) is 7.05 Å². The number of anilines is 1. The van der Waals surface area contributed by atoms with Crippen molar-refractivity contribution < 1.29 is 0 Å². The molecule has 0 unspecified atom stereocenters. The topological polar surface area (TPSA) is 41.1 Å². The van der Waals surface area contributed by atoms with Gasteiger partial charge in [0.25, 0.3) is 0 Å². The quantitative estimate of drug-likeness (QED) is 0.885. The zero-order valence-corrected chi connectivity index (χ0v) is 10.9. The van der Waals surface area contributed by atoms with E-state index < -0.39 is 0 Å². The molecule has 86 valence electrons. The minimum Gasteiger partial charge on any atom is -0.345 e. The predicted molar refractivity (Wildman–Crippen MR) is 69.1 cm³/mol. The van der Waals surface area contributed by atoms with E-state index in [1.165, 1.54) is 4.88 Å². The SMILES string of the molecule is CNCc1cnc(N(C)Cc2cscn2)s1. The second-order valence-corrected chi connectivity index (χ2v) is 5.29. The van der Waals surface area contributed by atoms with Crippen molar-refractivity contribution >= 4 is 27.8 Å². The minimum atomic E-state index is 0.815. The lowest BCUT2D eigenvalue weighted by Gasteiger charge is -2.13. The van der Waals surface area contributed by atoms with E-state index >= 15 is 0 Å². The number of rotatable bonds is 5. The fourth-order valence-corrected chi connectivity index (χ4v) is 2.79. The van der Waals surface area contributed by atoms with Crippen molar-refractivity contribution in [3.05, 3.63) is 27.7 Å². The Balaban J connectivity index is 2.00. The highest BCUT2D eigenvalue weighted by atomic mass is 32.1. The van der Waals surface area contributed by atoms with E-state index in [4.69, 9.17) is 0 Å². The van der Waals surface area contributed by atoms with Crippen LogP contribution in [0.4, 0.5) is 5.13 Å². The monoisotopic (exact) mass is 254 g/mol. The Bertz CT molecular complexity index is 424. The molecule has 2 aromatic rings. The van der Waals surface area contributed by atoms with Crippen LogP contribution >= 0.6 is 22.7 Å². The summed E-state index contributed by atoms with van der Waals surface area (Å²) >= 11 is 3.34. The smallest absolute Gasteiger partial charge is 0.185 e. The van der Waals surface area contributed by atoms with Gasteiger partial charge in [-0.25, -0.2) is 9.97 Å². The molecule has 4 nitrogen and oxygen atoms in total. The van der Waals surface area contributed by atoms with E-state index in [2.05, 4.69) is 25.6 Å². The van der Waals surface area contributed by atoms with Crippen LogP contribution in [0.5, 0.6) is 0 Å². The number of nitrogens with zero attached hydrogens (tertiary/aromatic N) is 3. The molecule has 0 aliphatic heterocycles. The van der Waals surface area contributed by atoms with Crippen molar-refractivity contribution in [3.8, 4) is 0 Å². The van der Waals surface area contributed by atoms with Crippen LogP contribution in [0.1, 0.15) is 10.6 Å². The molecule has 0 saturated heterocycles. The first-order chi connectivity index (χ1) is 7.79. The van der Waals surface area contributed by atoms with Crippen molar-refractivity contribution in [2.75, 3.05) is 19.0 Å². The van der Waals surface area contributed by atoms with Gasteiger partial charge in [0.1, 0.15) is 0 Å². The average Bonchev–Trinajstić information content (AvgIpc) is 2.89. The highest BCUT2D eigenvalue weighted by Crippen LogP contribution is 2.22. The van der Waals surface area contributed by atoms with Crippen molar-refractivity contribution in [2.45, 2.75) is 13.1 Å². The first-order valence-corrected chi connectivity index (χ1v) is 6.73. The molecule has 0 saturated carbocycles. The number of nitrogens with one attached hydrogen (secondary N) is 1. The Morgan fingerprint density at radius 2 is 2.31 bits per heavy atom. The van der Waals surface area contributed by atoms with Crippen LogP contribution in [0.3, 0.4) is 0 Å². The number of hydrogen-bond donors (Lipinski definition) is 1. The molecule has 1 N–H and O–H groups in total. The van der Waals surface area contributed by atoms with Crippen molar-refractivity contribution in [3.63, 3.8) is 0 Å². The molecule has 0 aliphatic carbocycles. The van der Waals surface area contributed by atoms with Crippen molar-refractivity contribution in [2.24, 2.45) is 0 Å². The summed E-state index contributed by atoms with van der Waals surface area (Å²) in [6, 6.07) is 0. The molecule has 16 heavy (non-hydrogen) atoms. The summed E-state index contributed by atoms with van der Waals surface area (Å²) in [4.78, 5) is 12.0. The highest BCUT2D eigenvalue weighted by molar-refractivity contribution is 7.15. The fourth-order valence-electron chi connectivity index (χ4n) is 1.36. The second-order valence-electron chi connectivity index (χ2n) is 3.48. The maximum atomic E-state index is 4.40. The molecule has 0 aromatic carbocycles. The van der Waals surface area contributed by atoms with Gasteiger partial charge >= 0.3 is 0 Å². The second kappa shape index (κ2) is 5.38. The third kappa shape index (κ3) is 2.78. The summed E-state index contributed by atoms with van der Waals surface area (Å²) in [6.45, 7) is 1.69. The maximum absolute atomic E-state index is 4.40. The molecule has 0 fully saturated rings. The Labute approximate surface area is 103 Å². The van der Waals surface area contributed by atoms with Gasteiger partial charge in [0, 0.05) is 30.0 Å². The molecule has 0 amide bonds. The van der Waals surface area contributed by atoms with Crippen LogP contribution in [-0.2, 0) is 13.1 Å². The molecule has 0 aliphatic rings. The van der Waals surface area contributed by atoms with Gasteiger partial charge in [0.05, 0.1) is 17.7 Å². The molecule has 0 bridgehead atoms. The third-order valence-corrected chi connectivity index (χ3v) is 3.85. The van der Waals surface area contributed by atoms with Gasteiger partial charge in [-0.1, -0.05) is 0 Å². The molecule has 2 aromatic heterocycles. The molecule has 2 heterocycles. The minimum absolute atomic E-state index is 0.815. The van der Waals surface area contributed by atoms with E-state index in [1.54, 1.807) is 22.7 Å². The Hall–Kier alpha value is -0.980. The van der Waals surface area contributed by atoms with Crippen LogP contribution in [0, 0.1) is 0 Å². The molecule has 0 spiro atoms. The lowest BCUT2D eigenvalue weighted by molar-refractivity contribution is 0.829. The maximum Gasteiger partial charge on any atom is 0.185 e. The van der Waals surface area contributed by atoms with E-state index in [9.17, 15) is 0 Å². The lowest BCUT2D eigenvalue weighted by Crippen LogP contribution is -2.16. The summed E-state index contributed by atoms with van der Waals surface area (Å²) in [5.41, 5.74) is 2.95. The van der Waals surface area contributed by atoms with Gasteiger partial charge in [-0.3, -0.25) is 0 Å². The summed E-state index contributed by atoms with van der Waals surface area (Å²) in [5.74, 6) is 0. The van der Waals surface area contributed by atoms with Gasteiger partial charge in [0.2, 0.25) is 0 Å². The molecule has 6 heteroatoms. The first kappa shape index (κ1) is 11.5. The molecule has 2 rings (SSSR count). The Morgan fingerprint density at radius 3 is 3.00 bits per heavy atom. The van der Waals surface area contributed by atoms with Crippen molar-refractivity contribution in [1.29, 1.82) is 0 Å². The van der Waals surface area contributed by atoms with Crippen LogP contribution in [0.15, 0.2) is 17.1 Å². The van der Waals surface area contributed by atoms with E-state index in [1.807, 2.05) is 25.8 Å². The number of hydrogen-bond acceptors (Lipinski definition) is 6. The first-order valence-electron chi connectivity index (χ1n) is 4.97. The lowest BCUT2D eigenvalue weighted by atomic mass is 10.5. The standard InChI is InChI=1S/C10H14N4S2/c1-11-3-9-4-12-10(16-9)14(2)5-8-6-15-7-13-8/h4,6-7,11H,3,5H2,1-2H3. The fraction of sp³-hybridized carbons (Fsp3) is 0.400. The van der Waals surface area contributed by atoms with Crippen LogP contribution in [0.2, 0.25) is 0 Å². The van der Waals surface area contributed by atoms with Crippen LogP contribution in [0.25, 0.3) is 0 Å². The van der Waals surface area contributed by atoms with E-state index in [0.717, 1.165) is 23.9 Å². The third-order valence-electron chi connectivity index (χ3n) is 2.10. The van der Waals surface area contributed by atoms with Crippen LogP contribution in [-0.4, -0.2) is 24.1 Å². The summed E-state index contributed by atoms with van der Waals surface area (Å²) in [6.07, 6.45) is 1.92. The average molecular weight is 254 g/mol. The zero-order valence-electron chi connectivity index (χ0n) is 9.30. The highest BCUT2D eigenvalue weighted by Gasteiger charge is 2.08. The normalized spacial score (nSPS) is 10.6. The van der Waals surface area contributed by atoms with E-state index in [0.29, 0.717) is 0 Å². The van der Waals surface area contributed by atoms with Crippen LogP contribution < -0.4 is 10.2 Å². The van der Waals surface area contributed by atoms with E-state index in [-0.39, 0.29) is 0 Å². The summed E-state index contributed by atoms with van der Waals surface area (Å²) < 4.78 is 0. The van der Waals surface area contributed by atoms with Gasteiger partial charge in [0.15, 0.2) is 5.13 Å². The van der Waals surface area contributed by atoms with Gasteiger partial charge in [-0.2, -0.15) is 0 Å². The number of thiazole rings is 2. The predicted octanol–water partition coefficient (Wildman–Crippen LogP) is 1.96. The molecule has 0 radical (unpaired) electrons. The largest absolute Gasteiger partial charge is 0.345 e. The molecule has 0 atom stereocenters. The van der Waals surface area contributed by atoms with Gasteiger partial charge < -0.3 is 10.2 Å². The van der Waals surface area contributed by atoms with Gasteiger partial charge in [-0.15, -0.1) is 22.7 Å². The summed E-state index contributed by atoms with van der Waals surface area (Å²) in [5, 5.41) is 6.23. The molecular weight excluding hydrogens is 240 g/mol. The Morgan fingerprint density at radius 1 is 1.44 bits per heavy atom. The number of aromatic nitrogens is 2. The Kier molecular flexibility index (Phi) is 3.87. The van der Waals surface area contributed by atoms with Crippen molar-refractivity contribution in [1.82, 2.24) is 15.3 Å².